The van der Waals surface area contributed by atoms with E-state index in [4.69, 9.17) is 44.6 Å². The summed E-state index contributed by atoms with van der Waals surface area (Å²) in [5.74, 6) is -0.499. The van der Waals surface area contributed by atoms with Crippen LogP contribution < -0.4 is 4.74 Å². The van der Waals surface area contributed by atoms with Gasteiger partial charge in [0, 0.05) is 42.8 Å². The first-order valence-corrected chi connectivity index (χ1v) is 11.4. The van der Waals surface area contributed by atoms with Crippen molar-refractivity contribution in [2.75, 3.05) is 19.6 Å². The number of carbonyl (C=O) groups is 2. The van der Waals surface area contributed by atoms with Crippen molar-refractivity contribution in [1.29, 1.82) is 0 Å². The zero-order chi connectivity index (χ0) is 23.4. The Morgan fingerprint density at radius 2 is 1.88 bits per heavy atom. The predicted molar refractivity (Wildman–Crippen MR) is 126 cm³/mol. The first-order valence-electron chi connectivity index (χ1n) is 10.3. The van der Waals surface area contributed by atoms with Crippen LogP contribution in [-0.4, -0.2) is 58.6 Å². The first-order chi connectivity index (χ1) is 15.1. The van der Waals surface area contributed by atoms with Crippen LogP contribution in [0.3, 0.4) is 0 Å². The first kappa shape index (κ1) is 24.6. The molecule has 1 saturated heterocycles. The summed E-state index contributed by atoms with van der Waals surface area (Å²) in [6, 6.07) is 10.4. The quantitative estimate of drug-likeness (QED) is 0.594. The van der Waals surface area contributed by atoms with E-state index in [1.54, 1.807) is 30.3 Å². The van der Waals surface area contributed by atoms with Crippen LogP contribution in [-0.2, 0) is 22.6 Å². The van der Waals surface area contributed by atoms with Crippen LogP contribution in [0.4, 0.5) is 0 Å². The zero-order valence-corrected chi connectivity index (χ0v) is 20.1. The van der Waals surface area contributed by atoms with Gasteiger partial charge in [-0.05, 0) is 49.7 Å². The molecule has 1 aliphatic rings. The summed E-state index contributed by atoms with van der Waals surface area (Å²) >= 11 is 18.2. The molecule has 172 valence electrons. The van der Waals surface area contributed by atoms with E-state index in [0.29, 0.717) is 47.0 Å². The number of carboxylic acid groups (broad SMARTS) is 1. The number of carboxylic acids is 1. The van der Waals surface area contributed by atoms with Gasteiger partial charge in [-0.1, -0.05) is 40.9 Å². The minimum atomic E-state index is -1.03. The summed E-state index contributed by atoms with van der Waals surface area (Å²) in [6.07, 6.45) is -0.703. The van der Waals surface area contributed by atoms with Gasteiger partial charge in [0.25, 0.3) is 0 Å². The summed E-state index contributed by atoms with van der Waals surface area (Å²) in [5.41, 5.74) is 1.64. The van der Waals surface area contributed by atoms with Crippen LogP contribution in [0.25, 0.3) is 0 Å². The third kappa shape index (κ3) is 6.29. The van der Waals surface area contributed by atoms with Crippen molar-refractivity contribution in [2.24, 2.45) is 0 Å². The van der Waals surface area contributed by atoms with Crippen molar-refractivity contribution < 1.29 is 19.4 Å². The molecule has 1 N–H and O–H groups in total. The Labute approximate surface area is 202 Å². The van der Waals surface area contributed by atoms with E-state index in [9.17, 15) is 9.59 Å². The van der Waals surface area contributed by atoms with Gasteiger partial charge in [-0.3, -0.25) is 9.69 Å². The summed E-state index contributed by atoms with van der Waals surface area (Å²) in [6.45, 7) is 5.98. The van der Waals surface area contributed by atoms with E-state index in [1.165, 1.54) is 6.92 Å². The molecule has 6 nitrogen and oxygen atoms in total. The molecule has 0 aromatic heterocycles. The molecule has 0 aliphatic carbocycles. The maximum absolute atomic E-state index is 12.9. The number of aliphatic carboxylic acids is 1. The largest absolute Gasteiger partial charge is 0.479 e. The monoisotopic (exact) mass is 498 g/mol. The van der Waals surface area contributed by atoms with Gasteiger partial charge < -0.3 is 14.7 Å². The molecule has 0 spiro atoms. The lowest BCUT2D eigenvalue weighted by Gasteiger charge is -2.40. The second-order valence-electron chi connectivity index (χ2n) is 7.95. The van der Waals surface area contributed by atoms with Gasteiger partial charge in [-0.2, -0.15) is 0 Å². The van der Waals surface area contributed by atoms with Crippen LogP contribution in [0.5, 0.6) is 5.75 Å². The normalized spacial score (nSPS) is 17.8. The van der Waals surface area contributed by atoms with Gasteiger partial charge in [-0.25, -0.2) is 4.79 Å². The van der Waals surface area contributed by atoms with Gasteiger partial charge in [-0.15, -0.1) is 0 Å². The van der Waals surface area contributed by atoms with Gasteiger partial charge in [0.1, 0.15) is 5.75 Å². The third-order valence-corrected chi connectivity index (χ3v) is 6.41. The van der Waals surface area contributed by atoms with E-state index in [-0.39, 0.29) is 18.4 Å². The number of halogens is 3. The fourth-order valence-electron chi connectivity index (χ4n) is 3.74. The molecule has 1 heterocycles. The molecule has 2 aromatic carbocycles. The number of rotatable bonds is 7. The third-order valence-electron chi connectivity index (χ3n) is 5.44. The van der Waals surface area contributed by atoms with Crippen LogP contribution in [0.15, 0.2) is 36.4 Å². The summed E-state index contributed by atoms with van der Waals surface area (Å²) in [4.78, 5) is 28.1. The van der Waals surface area contributed by atoms with Gasteiger partial charge >= 0.3 is 5.97 Å². The second-order valence-corrected chi connectivity index (χ2v) is 9.20. The average molecular weight is 500 g/mol. The van der Waals surface area contributed by atoms with Crippen molar-refractivity contribution in [1.82, 2.24) is 9.80 Å². The minimum Gasteiger partial charge on any atom is -0.479 e. The maximum atomic E-state index is 12.9. The lowest BCUT2D eigenvalue weighted by molar-refractivity contribution is -0.144. The Kier molecular flexibility index (Phi) is 8.28. The Morgan fingerprint density at radius 3 is 2.53 bits per heavy atom. The molecule has 2 aromatic rings. The Bertz CT molecular complexity index is 1000. The SMILES string of the molecule is C[C@H](Oc1ccc(Cl)cc1CN1CCN(C(=O)Cc2ccc(Cl)c(Cl)c2)[C@@H](C)C1)C(=O)O. The Morgan fingerprint density at radius 1 is 1.12 bits per heavy atom. The maximum Gasteiger partial charge on any atom is 0.344 e. The van der Waals surface area contributed by atoms with Gasteiger partial charge in [0.05, 0.1) is 16.5 Å². The van der Waals surface area contributed by atoms with Crippen molar-refractivity contribution in [3.8, 4) is 5.75 Å². The van der Waals surface area contributed by atoms with Gasteiger partial charge in [0.15, 0.2) is 6.10 Å². The second kappa shape index (κ2) is 10.8. The zero-order valence-electron chi connectivity index (χ0n) is 17.9. The molecule has 9 heteroatoms. The molecular formula is C23H25Cl3N2O4. The highest BCUT2D eigenvalue weighted by Gasteiger charge is 2.28. The minimum absolute atomic E-state index is 0.0144. The number of nitrogens with zero attached hydrogens (tertiary/aromatic N) is 2. The van der Waals surface area contributed by atoms with E-state index in [1.807, 2.05) is 17.9 Å². The number of amides is 1. The number of piperazine rings is 1. The molecule has 1 aliphatic heterocycles. The molecule has 2 atom stereocenters. The molecule has 0 bridgehead atoms. The van der Waals surface area contributed by atoms with Crippen LogP contribution >= 0.6 is 34.8 Å². The highest BCUT2D eigenvalue weighted by atomic mass is 35.5. The number of hydrogen-bond acceptors (Lipinski definition) is 4. The molecular weight excluding hydrogens is 475 g/mol. The lowest BCUT2D eigenvalue weighted by Crippen LogP contribution is -2.54. The molecule has 1 fully saturated rings. The van der Waals surface area contributed by atoms with Crippen molar-refractivity contribution in [3.05, 3.63) is 62.6 Å². The smallest absolute Gasteiger partial charge is 0.344 e. The van der Waals surface area contributed by atoms with Crippen LogP contribution in [0.1, 0.15) is 25.0 Å². The number of ether oxygens (including phenoxy) is 1. The van der Waals surface area contributed by atoms with Crippen molar-refractivity contribution >= 4 is 46.7 Å². The summed E-state index contributed by atoms with van der Waals surface area (Å²) < 4.78 is 5.60. The van der Waals surface area contributed by atoms with E-state index >= 15 is 0 Å². The number of benzene rings is 2. The fourth-order valence-corrected chi connectivity index (χ4v) is 4.26. The number of hydrogen-bond donors (Lipinski definition) is 1. The molecule has 0 unspecified atom stereocenters. The topological polar surface area (TPSA) is 70.1 Å². The van der Waals surface area contributed by atoms with E-state index < -0.39 is 12.1 Å². The molecule has 1 amide bonds. The Hall–Kier alpha value is -1.99. The molecule has 0 saturated carbocycles. The highest BCUT2D eigenvalue weighted by molar-refractivity contribution is 6.42. The number of carbonyl (C=O) groups excluding carboxylic acids is 1. The fraction of sp³-hybridized carbons (Fsp3) is 0.391. The van der Waals surface area contributed by atoms with Crippen LogP contribution in [0, 0.1) is 0 Å². The average Bonchev–Trinajstić information content (AvgIpc) is 2.72. The molecule has 0 radical (unpaired) electrons. The molecule has 3 rings (SSSR count). The predicted octanol–water partition coefficient (Wildman–Crippen LogP) is 4.77. The van der Waals surface area contributed by atoms with Crippen molar-refractivity contribution in [3.63, 3.8) is 0 Å². The summed E-state index contributed by atoms with van der Waals surface area (Å²) in [5, 5.41) is 10.6. The van der Waals surface area contributed by atoms with E-state index in [2.05, 4.69) is 4.90 Å². The van der Waals surface area contributed by atoms with Gasteiger partial charge in [0.2, 0.25) is 5.91 Å². The lowest BCUT2D eigenvalue weighted by atomic mass is 10.1. The van der Waals surface area contributed by atoms with Crippen molar-refractivity contribution in [2.45, 2.75) is 39.0 Å². The molecule has 32 heavy (non-hydrogen) atoms. The Balaban J connectivity index is 1.63. The summed E-state index contributed by atoms with van der Waals surface area (Å²) in [7, 11) is 0. The highest BCUT2D eigenvalue weighted by Crippen LogP contribution is 2.27. The van der Waals surface area contributed by atoms with Crippen LogP contribution in [0.2, 0.25) is 15.1 Å². The standard InChI is InChI=1S/C23H25Cl3N2O4/c1-14-12-27(13-17-11-18(24)4-6-21(17)32-15(2)23(30)31)7-8-28(14)22(29)10-16-3-5-19(25)20(26)9-16/h3-6,9,11,14-15H,7-8,10,12-13H2,1-2H3,(H,30,31)/t14-,15-/m0/s1. The van der Waals surface area contributed by atoms with E-state index in [0.717, 1.165) is 11.1 Å².